The molecule has 3 aromatic heterocycles. The number of H-pyrrole nitrogens is 1. The van der Waals surface area contributed by atoms with Gasteiger partial charge in [-0.2, -0.15) is 5.21 Å². The fourth-order valence-electron chi connectivity index (χ4n) is 2.44. The summed E-state index contributed by atoms with van der Waals surface area (Å²) >= 11 is 0. The Morgan fingerprint density at radius 1 is 1.30 bits per heavy atom. The molecular formula is C13H9N5O2. The quantitative estimate of drug-likeness (QED) is 0.564. The van der Waals surface area contributed by atoms with E-state index in [-0.39, 0.29) is 11.3 Å². The van der Waals surface area contributed by atoms with Crippen LogP contribution in [0, 0.1) is 0 Å². The van der Waals surface area contributed by atoms with E-state index in [4.69, 9.17) is 4.42 Å². The minimum Gasteiger partial charge on any atom is -0.450 e. The third kappa shape index (κ3) is 1.34. The van der Waals surface area contributed by atoms with Crippen molar-refractivity contribution in [2.75, 3.05) is 0 Å². The molecule has 3 heterocycles. The molecule has 0 saturated carbocycles. The summed E-state index contributed by atoms with van der Waals surface area (Å²) in [6.45, 7) is 0. The second-order valence-electron chi connectivity index (χ2n) is 4.46. The predicted octanol–water partition coefficient (Wildman–Crippen LogP) is 1.46. The molecule has 0 aliphatic carbocycles. The molecule has 0 amide bonds. The average molecular weight is 267 g/mol. The summed E-state index contributed by atoms with van der Waals surface area (Å²) in [5.41, 5.74) is 1.87. The van der Waals surface area contributed by atoms with Crippen LogP contribution in [0.3, 0.4) is 0 Å². The molecule has 7 nitrogen and oxygen atoms in total. The largest absolute Gasteiger partial charge is 0.450 e. The van der Waals surface area contributed by atoms with Crippen LogP contribution in [-0.4, -0.2) is 25.2 Å². The number of hydrogen-bond donors (Lipinski definition) is 1. The van der Waals surface area contributed by atoms with Gasteiger partial charge in [0.05, 0.1) is 5.52 Å². The van der Waals surface area contributed by atoms with Gasteiger partial charge in [-0.1, -0.05) is 12.1 Å². The maximum atomic E-state index is 12.3. The lowest BCUT2D eigenvalue weighted by atomic mass is 10.2. The highest BCUT2D eigenvalue weighted by molar-refractivity contribution is 6.04. The molecular weight excluding hydrogens is 258 g/mol. The molecule has 4 aromatic rings. The molecule has 0 radical (unpaired) electrons. The summed E-state index contributed by atoms with van der Waals surface area (Å²) in [7, 11) is 1.84. The number of nitrogens with one attached hydrogen (secondary N) is 1. The molecule has 0 saturated heterocycles. The molecule has 1 aromatic carbocycles. The van der Waals surface area contributed by atoms with E-state index in [2.05, 4.69) is 20.6 Å². The molecule has 0 aliphatic heterocycles. The lowest BCUT2D eigenvalue weighted by Crippen LogP contribution is -2.04. The predicted molar refractivity (Wildman–Crippen MR) is 72.1 cm³/mol. The lowest BCUT2D eigenvalue weighted by Gasteiger charge is -1.97. The number of aryl methyl sites for hydroxylation is 1. The molecule has 7 heteroatoms. The highest BCUT2D eigenvalue weighted by atomic mass is 16.3. The monoisotopic (exact) mass is 267 g/mol. The number of nitrogens with zero attached hydrogens (tertiary/aromatic N) is 4. The standard InChI is InChI=1S/C13H9N5O2/c1-18-8-5-3-2-4-7(8)12-11(18)9(19)6-10(20-12)13-14-16-17-15-13/h2-6H,1H3,(H,14,15,16,17). The van der Waals surface area contributed by atoms with Crippen molar-refractivity contribution >= 4 is 22.0 Å². The molecule has 0 atom stereocenters. The topological polar surface area (TPSA) is 89.6 Å². The fraction of sp³-hybridized carbons (Fsp3) is 0.0769. The Labute approximate surface area is 111 Å². The molecule has 0 spiro atoms. The first-order valence-corrected chi connectivity index (χ1v) is 6.01. The molecule has 0 fully saturated rings. The molecule has 4 rings (SSSR count). The van der Waals surface area contributed by atoms with Crippen molar-refractivity contribution in [3.63, 3.8) is 0 Å². The second-order valence-corrected chi connectivity index (χ2v) is 4.46. The highest BCUT2D eigenvalue weighted by Crippen LogP contribution is 2.28. The first kappa shape index (κ1) is 10.9. The van der Waals surface area contributed by atoms with Crippen LogP contribution < -0.4 is 5.43 Å². The Bertz CT molecular complexity index is 981. The van der Waals surface area contributed by atoms with Crippen LogP contribution >= 0.6 is 0 Å². The second kappa shape index (κ2) is 3.77. The third-order valence-corrected chi connectivity index (χ3v) is 3.33. The Morgan fingerprint density at radius 2 is 2.15 bits per heavy atom. The van der Waals surface area contributed by atoms with Crippen LogP contribution in [0.1, 0.15) is 0 Å². The van der Waals surface area contributed by atoms with E-state index in [0.717, 1.165) is 10.9 Å². The Morgan fingerprint density at radius 3 is 2.95 bits per heavy atom. The number of benzene rings is 1. The number of hydrogen-bond acceptors (Lipinski definition) is 5. The van der Waals surface area contributed by atoms with E-state index in [1.54, 1.807) is 0 Å². The van der Waals surface area contributed by atoms with Gasteiger partial charge in [-0.3, -0.25) is 4.79 Å². The van der Waals surface area contributed by atoms with Crippen molar-refractivity contribution in [3.05, 3.63) is 40.6 Å². The molecule has 20 heavy (non-hydrogen) atoms. The first-order valence-electron chi connectivity index (χ1n) is 6.01. The molecule has 98 valence electrons. The molecule has 1 N–H and O–H groups in total. The van der Waals surface area contributed by atoms with Gasteiger partial charge in [-0.25, -0.2) is 0 Å². The highest BCUT2D eigenvalue weighted by Gasteiger charge is 2.16. The van der Waals surface area contributed by atoms with Crippen molar-refractivity contribution in [2.45, 2.75) is 0 Å². The summed E-state index contributed by atoms with van der Waals surface area (Å²) in [5.74, 6) is 0.560. The summed E-state index contributed by atoms with van der Waals surface area (Å²) in [4.78, 5) is 12.3. The van der Waals surface area contributed by atoms with Crippen molar-refractivity contribution in [2.24, 2.45) is 7.05 Å². The minimum atomic E-state index is -0.134. The van der Waals surface area contributed by atoms with E-state index in [9.17, 15) is 4.79 Å². The maximum absolute atomic E-state index is 12.3. The summed E-state index contributed by atoms with van der Waals surface area (Å²) in [6.07, 6.45) is 0. The number of tetrazole rings is 1. The third-order valence-electron chi connectivity index (χ3n) is 3.33. The summed E-state index contributed by atoms with van der Waals surface area (Å²) < 4.78 is 7.65. The average Bonchev–Trinajstić information content (AvgIpc) is 3.08. The zero-order chi connectivity index (χ0) is 13.7. The molecule has 0 bridgehead atoms. The van der Waals surface area contributed by atoms with Crippen LogP contribution in [0.5, 0.6) is 0 Å². The van der Waals surface area contributed by atoms with Crippen LogP contribution in [-0.2, 0) is 7.05 Å². The van der Waals surface area contributed by atoms with E-state index in [1.165, 1.54) is 6.07 Å². The normalized spacial score (nSPS) is 11.4. The minimum absolute atomic E-state index is 0.134. The van der Waals surface area contributed by atoms with Gasteiger partial charge in [0, 0.05) is 18.5 Å². The number of fused-ring (bicyclic) bond motifs is 3. The van der Waals surface area contributed by atoms with Crippen LogP contribution in [0.4, 0.5) is 0 Å². The number of aromatic nitrogens is 5. The van der Waals surface area contributed by atoms with Gasteiger partial charge >= 0.3 is 0 Å². The Balaban J connectivity index is 2.20. The lowest BCUT2D eigenvalue weighted by molar-refractivity contribution is 0.615. The van der Waals surface area contributed by atoms with Crippen molar-refractivity contribution < 1.29 is 4.42 Å². The van der Waals surface area contributed by atoms with Crippen LogP contribution in [0.25, 0.3) is 33.6 Å². The van der Waals surface area contributed by atoms with Gasteiger partial charge in [0.2, 0.25) is 11.3 Å². The molecule has 0 unspecified atom stereocenters. The van der Waals surface area contributed by atoms with Crippen molar-refractivity contribution in [1.29, 1.82) is 0 Å². The first-order chi connectivity index (χ1) is 9.75. The summed E-state index contributed by atoms with van der Waals surface area (Å²) in [5, 5.41) is 14.4. The fourth-order valence-corrected chi connectivity index (χ4v) is 2.44. The Kier molecular flexibility index (Phi) is 2.06. The van der Waals surface area contributed by atoms with Gasteiger partial charge in [0.1, 0.15) is 5.52 Å². The van der Waals surface area contributed by atoms with Gasteiger partial charge < -0.3 is 8.98 Å². The van der Waals surface area contributed by atoms with Gasteiger partial charge in [-0.15, -0.1) is 10.2 Å². The van der Waals surface area contributed by atoms with Crippen LogP contribution in [0.2, 0.25) is 0 Å². The Hall–Kier alpha value is -2.96. The number of para-hydroxylation sites is 1. The van der Waals surface area contributed by atoms with Gasteiger partial charge in [0.25, 0.3) is 0 Å². The maximum Gasteiger partial charge on any atom is 0.239 e. The van der Waals surface area contributed by atoms with Crippen molar-refractivity contribution in [1.82, 2.24) is 25.2 Å². The summed E-state index contributed by atoms with van der Waals surface area (Å²) in [6, 6.07) is 9.07. The van der Waals surface area contributed by atoms with Crippen LogP contribution in [0.15, 0.2) is 39.5 Å². The SMILES string of the molecule is Cn1c2ccccc2c2oc(-c3nn[nH]n3)cc(=O)c21. The number of rotatable bonds is 1. The molecule has 0 aliphatic rings. The van der Waals surface area contributed by atoms with Gasteiger partial charge in [-0.05, 0) is 17.3 Å². The zero-order valence-corrected chi connectivity index (χ0v) is 10.5. The van der Waals surface area contributed by atoms with E-state index in [1.807, 2.05) is 35.9 Å². The van der Waals surface area contributed by atoms with Gasteiger partial charge in [0.15, 0.2) is 11.3 Å². The van der Waals surface area contributed by atoms with E-state index >= 15 is 0 Å². The van der Waals surface area contributed by atoms with Crippen molar-refractivity contribution in [3.8, 4) is 11.6 Å². The smallest absolute Gasteiger partial charge is 0.239 e. The van der Waals surface area contributed by atoms with E-state index < -0.39 is 0 Å². The number of aromatic amines is 1. The zero-order valence-electron chi connectivity index (χ0n) is 10.5. The van der Waals surface area contributed by atoms with E-state index in [0.29, 0.717) is 16.9 Å².